The number of fused-ring (bicyclic) bond motifs is 1. The van der Waals surface area contributed by atoms with Crippen LogP contribution in [0.3, 0.4) is 0 Å². The van der Waals surface area contributed by atoms with Gasteiger partial charge < -0.3 is 9.73 Å². The molecule has 0 aliphatic heterocycles. The van der Waals surface area contributed by atoms with Crippen LogP contribution in [0.25, 0.3) is 22.6 Å². The Morgan fingerprint density at radius 2 is 1.81 bits per heavy atom. The summed E-state index contributed by atoms with van der Waals surface area (Å²) in [5.41, 5.74) is 4.71. The average molecular weight is 454 g/mol. The topological polar surface area (TPSA) is 55.1 Å². The molecular weight excluding hydrogens is 439 g/mol. The fraction of sp³-hybridized carbons (Fsp3) is 0.0476. The third-order valence-electron chi connectivity index (χ3n) is 4.07. The Morgan fingerprint density at radius 1 is 1.04 bits per heavy atom. The molecular formula is C21H15IN2O2. The molecule has 26 heavy (non-hydrogen) atoms. The minimum atomic E-state index is -0.158. The first-order valence-electron chi connectivity index (χ1n) is 8.14. The van der Waals surface area contributed by atoms with Crippen LogP contribution in [0.1, 0.15) is 15.9 Å². The number of benzene rings is 3. The molecule has 4 rings (SSSR count). The lowest BCUT2D eigenvalue weighted by Gasteiger charge is -2.09. The van der Waals surface area contributed by atoms with E-state index in [0.717, 1.165) is 25.8 Å². The van der Waals surface area contributed by atoms with Gasteiger partial charge >= 0.3 is 0 Å². The van der Waals surface area contributed by atoms with Crippen molar-refractivity contribution in [2.24, 2.45) is 0 Å². The Labute approximate surface area is 164 Å². The quantitative estimate of drug-likeness (QED) is 0.407. The summed E-state index contributed by atoms with van der Waals surface area (Å²) in [5, 5.41) is 2.98. The molecule has 0 aliphatic carbocycles. The van der Waals surface area contributed by atoms with Crippen molar-refractivity contribution in [1.82, 2.24) is 4.98 Å². The standard InChI is InChI=1S/C21H15IN2O2/c1-13-10-11-19-18(12-13)24-21(26-19)15-7-3-5-9-17(15)23-20(25)14-6-2-4-8-16(14)22/h2-12H,1H3,(H,23,25). The second kappa shape index (κ2) is 6.92. The molecule has 0 atom stereocenters. The van der Waals surface area contributed by atoms with Gasteiger partial charge in [-0.25, -0.2) is 4.98 Å². The van der Waals surface area contributed by atoms with Gasteiger partial charge in [0, 0.05) is 3.57 Å². The predicted molar refractivity (Wildman–Crippen MR) is 111 cm³/mol. The molecule has 0 fully saturated rings. The summed E-state index contributed by atoms with van der Waals surface area (Å²) in [5.74, 6) is 0.332. The highest BCUT2D eigenvalue weighted by Gasteiger charge is 2.16. The number of anilines is 1. The van der Waals surface area contributed by atoms with Crippen LogP contribution in [-0.2, 0) is 0 Å². The molecule has 1 heterocycles. The highest BCUT2D eigenvalue weighted by Crippen LogP contribution is 2.31. The zero-order valence-electron chi connectivity index (χ0n) is 14.0. The summed E-state index contributed by atoms with van der Waals surface area (Å²) in [4.78, 5) is 17.3. The zero-order valence-corrected chi connectivity index (χ0v) is 16.2. The molecule has 4 aromatic rings. The molecule has 128 valence electrons. The first kappa shape index (κ1) is 16.8. The summed E-state index contributed by atoms with van der Waals surface area (Å²) in [7, 11) is 0. The predicted octanol–water partition coefficient (Wildman–Crippen LogP) is 5.66. The van der Waals surface area contributed by atoms with Crippen molar-refractivity contribution in [2.45, 2.75) is 6.92 Å². The van der Waals surface area contributed by atoms with Crippen molar-refractivity contribution < 1.29 is 9.21 Å². The number of amides is 1. The number of nitrogens with zero attached hydrogens (tertiary/aromatic N) is 1. The third kappa shape index (κ3) is 3.22. The van der Waals surface area contributed by atoms with Gasteiger partial charge in [0.2, 0.25) is 5.89 Å². The number of nitrogens with one attached hydrogen (secondary N) is 1. The molecule has 4 nitrogen and oxygen atoms in total. The normalized spacial score (nSPS) is 10.8. The van der Waals surface area contributed by atoms with Crippen LogP contribution in [0.2, 0.25) is 0 Å². The highest BCUT2D eigenvalue weighted by molar-refractivity contribution is 14.1. The Kier molecular flexibility index (Phi) is 4.46. The summed E-state index contributed by atoms with van der Waals surface area (Å²) < 4.78 is 6.80. The minimum absolute atomic E-state index is 0.158. The molecule has 0 saturated carbocycles. The van der Waals surface area contributed by atoms with E-state index >= 15 is 0 Å². The summed E-state index contributed by atoms with van der Waals surface area (Å²) in [6.45, 7) is 2.02. The number of halogens is 1. The van der Waals surface area contributed by atoms with Crippen molar-refractivity contribution in [1.29, 1.82) is 0 Å². The lowest BCUT2D eigenvalue weighted by molar-refractivity contribution is 0.102. The van der Waals surface area contributed by atoms with E-state index in [1.54, 1.807) is 0 Å². The maximum Gasteiger partial charge on any atom is 0.256 e. The van der Waals surface area contributed by atoms with Gasteiger partial charge in [-0.05, 0) is 71.5 Å². The van der Waals surface area contributed by atoms with E-state index in [1.165, 1.54) is 0 Å². The van der Waals surface area contributed by atoms with Crippen LogP contribution < -0.4 is 5.32 Å². The number of rotatable bonds is 3. The lowest BCUT2D eigenvalue weighted by atomic mass is 10.1. The SMILES string of the molecule is Cc1ccc2oc(-c3ccccc3NC(=O)c3ccccc3I)nc2c1. The molecule has 0 unspecified atom stereocenters. The summed E-state index contributed by atoms with van der Waals surface area (Å²) >= 11 is 2.16. The zero-order chi connectivity index (χ0) is 18.1. The number of hydrogen-bond donors (Lipinski definition) is 1. The first-order chi connectivity index (χ1) is 12.6. The lowest BCUT2D eigenvalue weighted by Crippen LogP contribution is -2.14. The third-order valence-corrected chi connectivity index (χ3v) is 5.01. The molecule has 1 amide bonds. The van der Waals surface area contributed by atoms with E-state index in [1.807, 2.05) is 73.7 Å². The maximum atomic E-state index is 12.7. The monoisotopic (exact) mass is 454 g/mol. The van der Waals surface area contributed by atoms with Crippen molar-refractivity contribution in [3.8, 4) is 11.5 Å². The number of oxazole rings is 1. The second-order valence-corrected chi connectivity index (χ2v) is 7.13. The number of aromatic nitrogens is 1. The highest BCUT2D eigenvalue weighted by atomic mass is 127. The Balaban J connectivity index is 1.72. The smallest absolute Gasteiger partial charge is 0.256 e. The number of para-hydroxylation sites is 1. The van der Waals surface area contributed by atoms with E-state index in [-0.39, 0.29) is 5.91 Å². The van der Waals surface area contributed by atoms with Crippen LogP contribution in [0.5, 0.6) is 0 Å². The van der Waals surface area contributed by atoms with E-state index in [4.69, 9.17) is 4.42 Å². The molecule has 1 aromatic heterocycles. The van der Waals surface area contributed by atoms with Crippen LogP contribution >= 0.6 is 22.6 Å². The second-order valence-electron chi connectivity index (χ2n) is 5.97. The van der Waals surface area contributed by atoms with Crippen LogP contribution in [0.4, 0.5) is 5.69 Å². The number of carbonyl (C=O) groups excluding carboxylic acids is 1. The number of hydrogen-bond acceptors (Lipinski definition) is 3. The van der Waals surface area contributed by atoms with Gasteiger partial charge in [-0.15, -0.1) is 0 Å². The molecule has 0 aliphatic rings. The molecule has 3 aromatic carbocycles. The number of carbonyl (C=O) groups is 1. The van der Waals surface area contributed by atoms with E-state index in [2.05, 4.69) is 32.9 Å². The summed E-state index contributed by atoms with van der Waals surface area (Å²) in [6.07, 6.45) is 0. The first-order valence-corrected chi connectivity index (χ1v) is 9.22. The van der Waals surface area contributed by atoms with Gasteiger partial charge in [0.1, 0.15) is 5.52 Å². The van der Waals surface area contributed by atoms with Crippen molar-refractivity contribution in [2.75, 3.05) is 5.32 Å². The molecule has 0 radical (unpaired) electrons. The number of aryl methyl sites for hydroxylation is 1. The van der Waals surface area contributed by atoms with Crippen LogP contribution in [0, 0.1) is 10.5 Å². The molecule has 0 bridgehead atoms. The average Bonchev–Trinajstić information content (AvgIpc) is 3.05. The van der Waals surface area contributed by atoms with Gasteiger partial charge in [-0.3, -0.25) is 4.79 Å². The van der Waals surface area contributed by atoms with Gasteiger partial charge in [-0.1, -0.05) is 30.3 Å². The van der Waals surface area contributed by atoms with Gasteiger partial charge in [0.25, 0.3) is 5.91 Å². The van der Waals surface area contributed by atoms with E-state index < -0.39 is 0 Å². The van der Waals surface area contributed by atoms with Crippen LogP contribution in [-0.4, -0.2) is 10.9 Å². The van der Waals surface area contributed by atoms with Gasteiger partial charge in [-0.2, -0.15) is 0 Å². The fourth-order valence-corrected chi connectivity index (χ4v) is 3.40. The van der Waals surface area contributed by atoms with E-state index in [9.17, 15) is 4.79 Å². The maximum absolute atomic E-state index is 12.7. The molecule has 0 spiro atoms. The Hall–Kier alpha value is -2.67. The van der Waals surface area contributed by atoms with Crippen molar-refractivity contribution in [3.63, 3.8) is 0 Å². The Morgan fingerprint density at radius 3 is 2.65 bits per heavy atom. The largest absolute Gasteiger partial charge is 0.436 e. The molecule has 1 N–H and O–H groups in total. The van der Waals surface area contributed by atoms with Gasteiger partial charge in [0.05, 0.1) is 16.8 Å². The van der Waals surface area contributed by atoms with Crippen LogP contribution in [0.15, 0.2) is 71.1 Å². The minimum Gasteiger partial charge on any atom is -0.436 e. The van der Waals surface area contributed by atoms with E-state index in [0.29, 0.717) is 17.1 Å². The fourth-order valence-electron chi connectivity index (χ4n) is 2.77. The molecule has 5 heteroatoms. The van der Waals surface area contributed by atoms with Crippen molar-refractivity contribution in [3.05, 3.63) is 81.4 Å². The molecule has 0 saturated heterocycles. The van der Waals surface area contributed by atoms with Crippen molar-refractivity contribution >= 4 is 45.3 Å². The summed E-state index contributed by atoms with van der Waals surface area (Å²) in [6, 6.07) is 20.9. The Bertz CT molecular complexity index is 1120. The van der Waals surface area contributed by atoms with Gasteiger partial charge in [0.15, 0.2) is 5.58 Å².